The van der Waals surface area contributed by atoms with Crippen molar-refractivity contribution in [1.82, 2.24) is 4.90 Å². The summed E-state index contributed by atoms with van der Waals surface area (Å²) in [7, 11) is 1.61. The van der Waals surface area contributed by atoms with Gasteiger partial charge in [-0.3, -0.25) is 0 Å². The van der Waals surface area contributed by atoms with Crippen LogP contribution in [0.3, 0.4) is 0 Å². The maximum absolute atomic E-state index is 6.17. The fourth-order valence-electron chi connectivity index (χ4n) is 3.00. The number of thiocarbonyl (C=S) groups is 1. The van der Waals surface area contributed by atoms with Gasteiger partial charge in [0.2, 0.25) is 0 Å². The van der Waals surface area contributed by atoms with Crippen molar-refractivity contribution in [1.29, 1.82) is 0 Å². The molecule has 0 aliphatic carbocycles. The van der Waals surface area contributed by atoms with Crippen LogP contribution in [0, 0.1) is 6.92 Å². The topological polar surface area (TPSA) is 24.5 Å². The first kappa shape index (κ1) is 17.1. The SMILES string of the molecule is COc1ccc(NC(=S)N2CCC(c3ccc(C)cc3)C2)cc1Cl. The predicted octanol–water partition coefficient (Wildman–Crippen LogP) is 4.84. The fourth-order valence-corrected chi connectivity index (χ4v) is 3.54. The van der Waals surface area contributed by atoms with Crippen LogP contribution >= 0.6 is 23.8 Å². The highest BCUT2D eigenvalue weighted by Crippen LogP contribution is 2.30. The number of nitrogens with zero attached hydrogens (tertiary/aromatic N) is 1. The lowest BCUT2D eigenvalue weighted by molar-refractivity contribution is 0.415. The summed E-state index contributed by atoms with van der Waals surface area (Å²) in [6.07, 6.45) is 1.12. The van der Waals surface area contributed by atoms with Crippen molar-refractivity contribution in [2.75, 3.05) is 25.5 Å². The first-order chi connectivity index (χ1) is 11.6. The molecule has 0 radical (unpaired) electrons. The Labute approximate surface area is 153 Å². The summed E-state index contributed by atoms with van der Waals surface area (Å²) in [5.74, 6) is 1.19. The van der Waals surface area contributed by atoms with Gasteiger partial charge in [-0.05, 0) is 49.3 Å². The molecule has 0 amide bonds. The molecule has 24 heavy (non-hydrogen) atoms. The number of aryl methyl sites for hydroxylation is 1. The number of halogens is 1. The third-order valence-corrected chi connectivity index (χ3v) is 5.08. The molecule has 3 nitrogen and oxygen atoms in total. The van der Waals surface area contributed by atoms with Crippen LogP contribution in [0.25, 0.3) is 0 Å². The van der Waals surface area contributed by atoms with E-state index < -0.39 is 0 Å². The van der Waals surface area contributed by atoms with Gasteiger partial charge < -0.3 is 15.0 Å². The maximum Gasteiger partial charge on any atom is 0.173 e. The second kappa shape index (κ2) is 7.41. The Morgan fingerprint density at radius 3 is 2.67 bits per heavy atom. The lowest BCUT2D eigenvalue weighted by Gasteiger charge is -2.21. The fraction of sp³-hybridized carbons (Fsp3) is 0.316. The molecule has 1 aliphatic heterocycles. The van der Waals surface area contributed by atoms with Gasteiger partial charge in [0.05, 0.1) is 12.1 Å². The van der Waals surface area contributed by atoms with E-state index in [9.17, 15) is 0 Å². The smallest absolute Gasteiger partial charge is 0.173 e. The number of benzene rings is 2. The molecule has 5 heteroatoms. The molecule has 0 bridgehead atoms. The van der Waals surface area contributed by atoms with E-state index in [0.29, 0.717) is 16.7 Å². The van der Waals surface area contributed by atoms with Gasteiger partial charge in [-0.25, -0.2) is 0 Å². The lowest BCUT2D eigenvalue weighted by atomic mass is 9.98. The Morgan fingerprint density at radius 1 is 1.25 bits per heavy atom. The minimum absolute atomic E-state index is 0.532. The summed E-state index contributed by atoms with van der Waals surface area (Å²) >= 11 is 11.7. The Kier molecular flexibility index (Phi) is 5.27. The Balaban J connectivity index is 1.62. The third kappa shape index (κ3) is 3.82. The first-order valence-corrected chi connectivity index (χ1v) is 8.81. The maximum atomic E-state index is 6.17. The Hall–Kier alpha value is -1.78. The molecule has 1 saturated heterocycles. The van der Waals surface area contributed by atoms with Crippen molar-refractivity contribution in [3.8, 4) is 5.75 Å². The van der Waals surface area contributed by atoms with E-state index in [2.05, 4.69) is 41.4 Å². The molecule has 0 spiro atoms. The predicted molar refractivity (Wildman–Crippen MR) is 104 cm³/mol. The minimum Gasteiger partial charge on any atom is -0.495 e. The van der Waals surface area contributed by atoms with E-state index in [4.69, 9.17) is 28.6 Å². The molecule has 3 rings (SSSR count). The Bertz CT molecular complexity index is 733. The molecule has 1 aliphatic rings. The van der Waals surface area contributed by atoms with Crippen LogP contribution in [0.2, 0.25) is 5.02 Å². The van der Waals surface area contributed by atoms with E-state index in [1.165, 1.54) is 11.1 Å². The van der Waals surface area contributed by atoms with Gasteiger partial charge in [-0.1, -0.05) is 41.4 Å². The zero-order valence-corrected chi connectivity index (χ0v) is 15.5. The molecule has 1 unspecified atom stereocenters. The molecule has 2 aromatic carbocycles. The number of anilines is 1. The molecule has 0 saturated carbocycles. The van der Waals surface area contributed by atoms with Gasteiger partial charge in [0.15, 0.2) is 5.11 Å². The second-order valence-corrected chi connectivity index (χ2v) is 6.92. The number of rotatable bonds is 3. The van der Waals surface area contributed by atoms with Gasteiger partial charge >= 0.3 is 0 Å². The normalized spacial score (nSPS) is 17.0. The highest BCUT2D eigenvalue weighted by atomic mass is 35.5. The number of methoxy groups -OCH3 is 1. The quantitative estimate of drug-likeness (QED) is 0.791. The largest absolute Gasteiger partial charge is 0.495 e. The first-order valence-electron chi connectivity index (χ1n) is 8.03. The van der Waals surface area contributed by atoms with Crippen molar-refractivity contribution < 1.29 is 4.74 Å². The zero-order valence-electron chi connectivity index (χ0n) is 13.9. The summed E-state index contributed by atoms with van der Waals surface area (Å²) in [5.41, 5.74) is 3.56. The van der Waals surface area contributed by atoms with Crippen molar-refractivity contribution in [3.63, 3.8) is 0 Å². The molecule has 1 fully saturated rings. The minimum atomic E-state index is 0.532. The molecule has 1 heterocycles. The highest BCUT2D eigenvalue weighted by molar-refractivity contribution is 7.80. The van der Waals surface area contributed by atoms with Crippen LogP contribution in [0.15, 0.2) is 42.5 Å². The molecule has 1 N–H and O–H groups in total. The molecule has 0 aromatic heterocycles. The molecular weight excluding hydrogens is 340 g/mol. The average Bonchev–Trinajstić information content (AvgIpc) is 3.06. The van der Waals surface area contributed by atoms with E-state index in [1.807, 2.05) is 18.2 Å². The van der Waals surface area contributed by atoms with E-state index in [-0.39, 0.29) is 0 Å². The monoisotopic (exact) mass is 360 g/mol. The van der Waals surface area contributed by atoms with Crippen LogP contribution in [0.4, 0.5) is 5.69 Å². The van der Waals surface area contributed by atoms with Gasteiger partial charge in [-0.2, -0.15) is 0 Å². The summed E-state index contributed by atoms with van der Waals surface area (Å²) in [6.45, 7) is 4.02. The van der Waals surface area contributed by atoms with E-state index >= 15 is 0 Å². The van der Waals surface area contributed by atoms with E-state index in [0.717, 1.165) is 30.3 Å². The Morgan fingerprint density at radius 2 is 2.00 bits per heavy atom. The number of hydrogen-bond donors (Lipinski definition) is 1. The molecule has 1 atom stereocenters. The van der Waals surface area contributed by atoms with Crippen LogP contribution < -0.4 is 10.1 Å². The lowest BCUT2D eigenvalue weighted by Crippen LogP contribution is -2.32. The summed E-state index contributed by atoms with van der Waals surface area (Å²) in [6, 6.07) is 14.4. The zero-order chi connectivity index (χ0) is 17.1. The number of ether oxygens (including phenoxy) is 1. The van der Waals surface area contributed by atoms with Crippen molar-refractivity contribution in [2.45, 2.75) is 19.3 Å². The van der Waals surface area contributed by atoms with Crippen molar-refractivity contribution in [3.05, 3.63) is 58.6 Å². The summed E-state index contributed by atoms with van der Waals surface area (Å²) in [5, 5.41) is 4.59. The number of nitrogens with one attached hydrogen (secondary N) is 1. The van der Waals surface area contributed by atoms with Crippen LogP contribution in [-0.2, 0) is 0 Å². The number of likely N-dealkylation sites (tertiary alicyclic amines) is 1. The molecular formula is C19H21ClN2OS. The van der Waals surface area contributed by atoms with Gasteiger partial charge in [0, 0.05) is 24.7 Å². The van der Waals surface area contributed by atoms with Gasteiger partial charge in [-0.15, -0.1) is 0 Å². The summed E-state index contributed by atoms with van der Waals surface area (Å²) in [4.78, 5) is 2.22. The van der Waals surface area contributed by atoms with E-state index in [1.54, 1.807) is 7.11 Å². The van der Waals surface area contributed by atoms with Crippen LogP contribution in [-0.4, -0.2) is 30.2 Å². The highest BCUT2D eigenvalue weighted by Gasteiger charge is 2.25. The molecule has 126 valence electrons. The summed E-state index contributed by atoms with van der Waals surface area (Å²) < 4.78 is 5.17. The second-order valence-electron chi connectivity index (χ2n) is 6.12. The molecule has 2 aromatic rings. The third-order valence-electron chi connectivity index (χ3n) is 4.43. The van der Waals surface area contributed by atoms with Crippen LogP contribution in [0.1, 0.15) is 23.5 Å². The van der Waals surface area contributed by atoms with Crippen molar-refractivity contribution in [2.24, 2.45) is 0 Å². The van der Waals surface area contributed by atoms with Crippen LogP contribution in [0.5, 0.6) is 5.75 Å². The standard InChI is InChI=1S/C19H21ClN2OS/c1-13-3-5-14(6-4-13)15-9-10-22(12-15)19(24)21-16-7-8-18(23-2)17(20)11-16/h3-8,11,15H,9-10,12H2,1-2H3,(H,21,24). The van der Waals surface area contributed by atoms with Gasteiger partial charge in [0.25, 0.3) is 0 Å². The number of hydrogen-bond acceptors (Lipinski definition) is 2. The van der Waals surface area contributed by atoms with Crippen molar-refractivity contribution >= 4 is 34.6 Å². The average molecular weight is 361 g/mol. The van der Waals surface area contributed by atoms with Gasteiger partial charge in [0.1, 0.15) is 5.75 Å².